The number of rotatable bonds is 7. The summed E-state index contributed by atoms with van der Waals surface area (Å²) < 4.78 is 32.0. The van der Waals surface area contributed by atoms with Gasteiger partial charge in [-0.15, -0.1) is 0 Å². The zero-order valence-corrected chi connectivity index (χ0v) is 16.1. The Morgan fingerprint density at radius 2 is 2.04 bits per heavy atom. The van der Waals surface area contributed by atoms with Gasteiger partial charge >= 0.3 is 0 Å². The predicted molar refractivity (Wildman–Crippen MR) is 102 cm³/mol. The van der Waals surface area contributed by atoms with Crippen LogP contribution in [0.25, 0.3) is 0 Å². The number of anilines is 1. The second kappa shape index (κ2) is 8.96. The maximum Gasteiger partial charge on any atom is 0.249 e. The second-order valence-electron chi connectivity index (χ2n) is 6.74. The summed E-state index contributed by atoms with van der Waals surface area (Å²) in [6.45, 7) is 2.49. The number of aromatic nitrogens is 1. The van der Waals surface area contributed by atoms with Crippen molar-refractivity contribution < 1.29 is 17.9 Å². The highest BCUT2D eigenvalue weighted by atomic mass is 32.2. The Morgan fingerprint density at radius 1 is 1.26 bits per heavy atom. The van der Waals surface area contributed by atoms with Crippen LogP contribution in [0.5, 0.6) is 0 Å². The Balaban J connectivity index is 1.42. The number of piperazine rings is 1. The molecule has 3 rings (SSSR count). The van der Waals surface area contributed by atoms with Crippen LogP contribution in [-0.2, 0) is 19.6 Å². The van der Waals surface area contributed by atoms with Gasteiger partial charge in [-0.25, -0.2) is 13.4 Å². The molecule has 27 heavy (non-hydrogen) atoms. The van der Waals surface area contributed by atoms with Gasteiger partial charge in [-0.2, -0.15) is 4.31 Å². The third-order valence-corrected chi connectivity index (χ3v) is 6.80. The van der Waals surface area contributed by atoms with Gasteiger partial charge in [0.1, 0.15) is 11.9 Å². The van der Waals surface area contributed by atoms with Gasteiger partial charge in [-0.1, -0.05) is 6.07 Å². The van der Waals surface area contributed by atoms with E-state index >= 15 is 0 Å². The minimum Gasteiger partial charge on any atom is -0.364 e. The van der Waals surface area contributed by atoms with Crippen molar-refractivity contribution in [2.24, 2.45) is 5.73 Å². The number of nitrogens with zero attached hydrogens (tertiary/aromatic N) is 3. The van der Waals surface area contributed by atoms with Crippen molar-refractivity contribution in [2.45, 2.75) is 25.0 Å². The molecule has 0 radical (unpaired) electrons. The standard InChI is InChI=1S/C17H27N5O4S/c18-13-14-4-5-15(26-14)17(23)20-7-12-27(24,25)22-10-8-21(9-11-22)16-3-1-2-6-19-16/h1-3,6,14-15H,4-5,7-13,18H2,(H,20,23)/t14-,15+/m1/s1. The molecule has 0 aromatic carbocycles. The lowest BCUT2D eigenvalue weighted by molar-refractivity contribution is -0.131. The van der Waals surface area contributed by atoms with Gasteiger partial charge in [-0.05, 0) is 25.0 Å². The summed E-state index contributed by atoms with van der Waals surface area (Å²) in [6.07, 6.45) is 2.50. The normalized spacial score (nSPS) is 24.1. The van der Waals surface area contributed by atoms with Gasteiger partial charge in [0, 0.05) is 45.5 Å². The summed E-state index contributed by atoms with van der Waals surface area (Å²) >= 11 is 0. The molecule has 1 aromatic rings. The average Bonchev–Trinajstić information content (AvgIpc) is 3.18. The van der Waals surface area contributed by atoms with E-state index in [0.717, 1.165) is 12.2 Å². The fourth-order valence-electron chi connectivity index (χ4n) is 3.35. The summed E-state index contributed by atoms with van der Waals surface area (Å²) in [6, 6.07) is 5.68. The molecule has 0 aliphatic carbocycles. The van der Waals surface area contributed by atoms with E-state index in [9.17, 15) is 13.2 Å². The first-order chi connectivity index (χ1) is 13.0. The molecule has 0 unspecified atom stereocenters. The van der Waals surface area contributed by atoms with Crippen molar-refractivity contribution in [2.75, 3.05) is 49.9 Å². The number of ether oxygens (including phenoxy) is 1. The number of carbonyl (C=O) groups is 1. The Bertz CT molecular complexity index is 722. The minimum absolute atomic E-state index is 0.0781. The summed E-state index contributed by atoms with van der Waals surface area (Å²) in [5.74, 6) is 0.477. The van der Waals surface area contributed by atoms with E-state index < -0.39 is 16.1 Å². The highest BCUT2D eigenvalue weighted by molar-refractivity contribution is 7.89. The average molecular weight is 398 g/mol. The molecular weight excluding hydrogens is 370 g/mol. The van der Waals surface area contributed by atoms with E-state index in [-0.39, 0.29) is 24.3 Å². The van der Waals surface area contributed by atoms with Crippen molar-refractivity contribution in [1.82, 2.24) is 14.6 Å². The van der Waals surface area contributed by atoms with Crippen LogP contribution in [0.2, 0.25) is 0 Å². The van der Waals surface area contributed by atoms with Gasteiger partial charge in [0.2, 0.25) is 15.9 Å². The van der Waals surface area contributed by atoms with Crippen LogP contribution in [0.15, 0.2) is 24.4 Å². The molecule has 150 valence electrons. The third kappa shape index (κ3) is 5.16. The molecule has 2 fully saturated rings. The Kier molecular flexibility index (Phi) is 6.64. The second-order valence-corrected chi connectivity index (χ2v) is 8.83. The van der Waals surface area contributed by atoms with Crippen molar-refractivity contribution in [3.63, 3.8) is 0 Å². The smallest absolute Gasteiger partial charge is 0.249 e. The molecule has 2 saturated heterocycles. The van der Waals surface area contributed by atoms with E-state index in [2.05, 4.69) is 15.2 Å². The number of sulfonamides is 1. The number of pyridine rings is 1. The quantitative estimate of drug-likeness (QED) is 0.616. The van der Waals surface area contributed by atoms with Crippen LogP contribution in [0.4, 0.5) is 5.82 Å². The molecule has 3 N–H and O–H groups in total. The molecule has 3 heterocycles. The number of hydrogen-bond donors (Lipinski definition) is 2. The monoisotopic (exact) mass is 397 g/mol. The highest BCUT2D eigenvalue weighted by Crippen LogP contribution is 2.19. The van der Waals surface area contributed by atoms with E-state index in [0.29, 0.717) is 39.1 Å². The van der Waals surface area contributed by atoms with Crippen LogP contribution >= 0.6 is 0 Å². The summed E-state index contributed by atoms with van der Waals surface area (Å²) in [5, 5.41) is 2.67. The zero-order valence-electron chi connectivity index (χ0n) is 15.3. The Morgan fingerprint density at radius 3 is 2.67 bits per heavy atom. The first-order valence-corrected chi connectivity index (χ1v) is 10.9. The number of carbonyl (C=O) groups excluding carboxylic acids is 1. The molecule has 0 bridgehead atoms. The van der Waals surface area contributed by atoms with Gasteiger partial charge < -0.3 is 20.7 Å². The fourth-order valence-corrected chi connectivity index (χ4v) is 4.69. The van der Waals surface area contributed by atoms with Gasteiger partial charge in [0.05, 0.1) is 11.9 Å². The summed E-state index contributed by atoms with van der Waals surface area (Å²) in [4.78, 5) is 18.4. The van der Waals surface area contributed by atoms with E-state index in [1.54, 1.807) is 6.20 Å². The van der Waals surface area contributed by atoms with Crippen molar-refractivity contribution >= 4 is 21.7 Å². The number of nitrogens with two attached hydrogens (primary N) is 1. The highest BCUT2D eigenvalue weighted by Gasteiger charge is 2.31. The SMILES string of the molecule is NC[C@H]1CC[C@@H](C(=O)NCCS(=O)(=O)N2CCN(c3ccccn3)CC2)O1. The molecule has 2 atom stereocenters. The van der Waals surface area contributed by atoms with Crippen LogP contribution in [0.1, 0.15) is 12.8 Å². The topological polar surface area (TPSA) is 118 Å². The lowest BCUT2D eigenvalue weighted by Gasteiger charge is -2.34. The lowest BCUT2D eigenvalue weighted by atomic mass is 10.2. The molecule has 2 aliphatic heterocycles. The molecular formula is C17H27N5O4S. The van der Waals surface area contributed by atoms with E-state index in [1.807, 2.05) is 18.2 Å². The zero-order chi connectivity index (χ0) is 19.3. The Labute approximate surface area is 159 Å². The number of nitrogens with one attached hydrogen (secondary N) is 1. The molecule has 0 saturated carbocycles. The number of amides is 1. The lowest BCUT2D eigenvalue weighted by Crippen LogP contribution is -2.50. The van der Waals surface area contributed by atoms with Crippen LogP contribution < -0.4 is 16.0 Å². The van der Waals surface area contributed by atoms with Crippen molar-refractivity contribution in [1.29, 1.82) is 0 Å². The fraction of sp³-hybridized carbons (Fsp3) is 0.647. The van der Waals surface area contributed by atoms with Crippen LogP contribution in [-0.4, -0.2) is 80.8 Å². The van der Waals surface area contributed by atoms with Gasteiger partial charge in [-0.3, -0.25) is 4.79 Å². The maximum atomic E-state index is 12.5. The molecule has 1 aromatic heterocycles. The summed E-state index contributed by atoms with van der Waals surface area (Å²) in [5.41, 5.74) is 5.53. The third-order valence-electron chi connectivity index (χ3n) is 4.93. The molecule has 0 spiro atoms. The first-order valence-electron chi connectivity index (χ1n) is 9.26. The number of hydrogen-bond acceptors (Lipinski definition) is 7. The molecule has 2 aliphatic rings. The molecule has 10 heteroatoms. The predicted octanol–water partition coefficient (Wildman–Crippen LogP) is -0.844. The Hall–Kier alpha value is -1.75. The van der Waals surface area contributed by atoms with E-state index in [4.69, 9.17) is 10.5 Å². The molecule has 9 nitrogen and oxygen atoms in total. The molecule has 1 amide bonds. The maximum absolute atomic E-state index is 12.5. The van der Waals surface area contributed by atoms with Crippen molar-refractivity contribution in [3.05, 3.63) is 24.4 Å². The largest absolute Gasteiger partial charge is 0.364 e. The minimum atomic E-state index is -3.41. The van der Waals surface area contributed by atoms with Gasteiger partial charge in [0.15, 0.2) is 0 Å². The van der Waals surface area contributed by atoms with E-state index in [1.165, 1.54) is 4.31 Å². The van der Waals surface area contributed by atoms with Gasteiger partial charge in [0.25, 0.3) is 0 Å². The van der Waals surface area contributed by atoms with Crippen LogP contribution in [0.3, 0.4) is 0 Å². The summed E-state index contributed by atoms with van der Waals surface area (Å²) in [7, 11) is -3.41. The first kappa shape index (κ1) is 20.0. The van der Waals surface area contributed by atoms with Crippen LogP contribution in [0, 0.1) is 0 Å². The van der Waals surface area contributed by atoms with Crippen molar-refractivity contribution in [3.8, 4) is 0 Å².